The maximum absolute atomic E-state index is 11.6. The SMILES string of the molecule is Cc1cc(NCC(=O)NCCc2ccccc2)no1. The number of aromatic nitrogens is 1. The van der Waals surface area contributed by atoms with Crippen molar-refractivity contribution in [3.05, 3.63) is 47.7 Å². The van der Waals surface area contributed by atoms with E-state index in [0.29, 0.717) is 18.1 Å². The number of amides is 1. The van der Waals surface area contributed by atoms with Crippen molar-refractivity contribution in [2.24, 2.45) is 0 Å². The van der Waals surface area contributed by atoms with Crippen LogP contribution in [0.15, 0.2) is 40.9 Å². The van der Waals surface area contributed by atoms with Gasteiger partial charge in [-0.05, 0) is 18.9 Å². The van der Waals surface area contributed by atoms with E-state index in [1.54, 1.807) is 13.0 Å². The van der Waals surface area contributed by atoms with E-state index < -0.39 is 0 Å². The van der Waals surface area contributed by atoms with Crippen molar-refractivity contribution in [1.82, 2.24) is 10.5 Å². The Kier molecular flexibility index (Phi) is 4.55. The fraction of sp³-hybridized carbons (Fsp3) is 0.286. The van der Waals surface area contributed by atoms with Crippen LogP contribution in [0.3, 0.4) is 0 Å². The van der Waals surface area contributed by atoms with Crippen molar-refractivity contribution in [2.45, 2.75) is 13.3 Å². The van der Waals surface area contributed by atoms with Crippen molar-refractivity contribution in [1.29, 1.82) is 0 Å². The summed E-state index contributed by atoms with van der Waals surface area (Å²) in [6.45, 7) is 2.63. The van der Waals surface area contributed by atoms with E-state index in [2.05, 4.69) is 15.8 Å². The Morgan fingerprint density at radius 3 is 2.79 bits per heavy atom. The molecule has 0 bridgehead atoms. The maximum atomic E-state index is 11.6. The summed E-state index contributed by atoms with van der Waals surface area (Å²) in [4.78, 5) is 11.6. The number of carbonyl (C=O) groups excluding carboxylic acids is 1. The lowest BCUT2D eigenvalue weighted by Gasteiger charge is -2.05. The smallest absolute Gasteiger partial charge is 0.239 e. The normalized spacial score (nSPS) is 10.2. The number of hydrogen-bond acceptors (Lipinski definition) is 4. The number of anilines is 1. The summed E-state index contributed by atoms with van der Waals surface area (Å²) in [6.07, 6.45) is 0.829. The Morgan fingerprint density at radius 2 is 2.11 bits per heavy atom. The van der Waals surface area contributed by atoms with E-state index in [-0.39, 0.29) is 12.5 Å². The van der Waals surface area contributed by atoms with Crippen LogP contribution in [-0.4, -0.2) is 24.2 Å². The average Bonchev–Trinajstić information content (AvgIpc) is 2.83. The first-order valence-electron chi connectivity index (χ1n) is 6.22. The molecule has 0 saturated heterocycles. The molecule has 0 saturated carbocycles. The number of nitrogens with zero attached hydrogens (tertiary/aromatic N) is 1. The van der Waals surface area contributed by atoms with Crippen LogP contribution in [0, 0.1) is 6.92 Å². The predicted octanol–water partition coefficient (Wildman–Crippen LogP) is 1.75. The fourth-order valence-electron chi connectivity index (χ4n) is 1.67. The Balaban J connectivity index is 1.65. The molecule has 0 aliphatic carbocycles. The molecule has 0 radical (unpaired) electrons. The van der Waals surface area contributed by atoms with Gasteiger partial charge in [-0.1, -0.05) is 35.5 Å². The minimum Gasteiger partial charge on any atom is -0.360 e. The van der Waals surface area contributed by atoms with Crippen LogP contribution < -0.4 is 10.6 Å². The molecule has 0 aliphatic heterocycles. The summed E-state index contributed by atoms with van der Waals surface area (Å²) >= 11 is 0. The molecule has 5 nitrogen and oxygen atoms in total. The highest BCUT2D eigenvalue weighted by molar-refractivity contribution is 5.80. The first kappa shape index (κ1) is 13.1. The van der Waals surface area contributed by atoms with Gasteiger partial charge in [-0.3, -0.25) is 4.79 Å². The summed E-state index contributed by atoms with van der Waals surface area (Å²) in [7, 11) is 0. The van der Waals surface area contributed by atoms with Gasteiger partial charge in [0.2, 0.25) is 5.91 Å². The van der Waals surface area contributed by atoms with Crippen LogP contribution in [0.25, 0.3) is 0 Å². The molecule has 19 heavy (non-hydrogen) atoms. The van der Waals surface area contributed by atoms with Crippen LogP contribution in [0.1, 0.15) is 11.3 Å². The lowest BCUT2D eigenvalue weighted by molar-refractivity contribution is -0.119. The van der Waals surface area contributed by atoms with Gasteiger partial charge in [0.05, 0.1) is 6.54 Å². The molecule has 1 aromatic carbocycles. The molecular formula is C14H17N3O2. The molecule has 1 heterocycles. The van der Waals surface area contributed by atoms with Crippen LogP contribution in [0.5, 0.6) is 0 Å². The molecule has 1 amide bonds. The molecule has 2 N–H and O–H groups in total. The topological polar surface area (TPSA) is 67.2 Å². The number of nitrogens with one attached hydrogen (secondary N) is 2. The quantitative estimate of drug-likeness (QED) is 0.829. The molecule has 0 fully saturated rings. The number of hydrogen-bond donors (Lipinski definition) is 2. The van der Waals surface area contributed by atoms with Gasteiger partial charge in [0.1, 0.15) is 5.76 Å². The largest absolute Gasteiger partial charge is 0.360 e. The van der Waals surface area contributed by atoms with E-state index in [1.807, 2.05) is 30.3 Å². The monoisotopic (exact) mass is 259 g/mol. The van der Waals surface area contributed by atoms with Gasteiger partial charge < -0.3 is 15.2 Å². The predicted molar refractivity (Wildman–Crippen MR) is 72.9 cm³/mol. The van der Waals surface area contributed by atoms with Crippen molar-refractivity contribution in [3.63, 3.8) is 0 Å². The molecular weight excluding hydrogens is 242 g/mol. The number of aryl methyl sites for hydroxylation is 1. The Hall–Kier alpha value is -2.30. The van der Waals surface area contributed by atoms with E-state index in [9.17, 15) is 4.79 Å². The molecule has 0 aliphatic rings. The molecule has 0 atom stereocenters. The first-order chi connectivity index (χ1) is 9.24. The van der Waals surface area contributed by atoms with Gasteiger partial charge in [0, 0.05) is 12.6 Å². The van der Waals surface area contributed by atoms with Gasteiger partial charge in [0.15, 0.2) is 5.82 Å². The number of rotatable bonds is 6. The summed E-state index contributed by atoms with van der Waals surface area (Å²) < 4.78 is 4.89. The van der Waals surface area contributed by atoms with Crippen LogP contribution >= 0.6 is 0 Å². The highest BCUT2D eigenvalue weighted by Gasteiger charge is 2.03. The highest BCUT2D eigenvalue weighted by Crippen LogP contribution is 2.05. The second-order valence-corrected chi connectivity index (χ2v) is 4.26. The summed E-state index contributed by atoms with van der Waals surface area (Å²) in [5.41, 5.74) is 1.21. The summed E-state index contributed by atoms with van der Waals surface area (Å²) in [5.74, 6) is 1.24. The average molecular weight is 259 g/mol. The zero-order chi connectivity index (χ0) is 13.5. The van der Waals surface area contributed by atoms with E-state index in [1.165, 1.54) is 5.56 Å². The maximum Gasteiger partial charge on any atom is 0.239 e. The molecule has 1 aromatic heterocycles. The third-order valence-corrected chi connectivity index (χ3v) is 2.64. The third kappa shape index (κ3) is 4.46. The van der Waals surface area contributed by atoms with Gasteiger partial charge >= 0.3 is 0 Å². The molecule has 0 spiro atoms. The molecule has 100 valence electrons. The van der Waals surface area contributed by atoms with Gasteiger partial charge in [0.25, 0.3) is 0 Å². The van der Waals surface area contributed by atoms with Gasteiger partial charge in [-0.2, -0.15) is 0 Å². The summed E-state index contributed by atoms with van der Waals surface area (Å²) in [5, 5.41) is 9.49. The second kappa shape index (κ2) is 6.58. The van der Waals surface area contributed by atoms with Gasteiger partial charge in [-0.25, -0.2) is 0 Å². The van der Waals surface area contributed by atoms with E-state index in [4.69, 9.17) is 4.52 Å². The minimum atomic E-state index is -0.0587. The Labute approximate surface area is 112 Å². The molecule has 2 aromatic rings. The lowest BCUT2D eigenvalue weighted by atomic mass is 10.1. The fourth-order valence-corrected chi connectivity index (χ4v) is 1.67. The third-order valence-electron chi connectivity index (χ3n) is 2.64. The lowest BCUT2D eigenvalue weighted by Crippen LogP contribution is -2.31. The standard InChI is InChI=1S/C14H17N3O2/c1-11-9-13(17-19-11)16-10-14(18)15-8-7-12-5-3-2-4-6-12/h2-6,9H,7-8,10H2,1H3,(H,15,18)(H,16,17). The molecule has 5 heteroatoms. The van der Waals surface area contributed by atoms with Crippen molar-refractivity contribution in [2.75, 3.05) is 18.4 Å². The zero-order valence-electron chi connectivity index (χ0n) is 10.8. The minimum absolute atomic E-state index is 0.0587. The van der Waals surface area contributed by atoms with E-state index in [0.717, 1.165) is 6.42 Å². The van der Waals surface area contributed by atoms with Crippen LogP contribution in [0.4, 0.5) is 5.82 Å². The number of benzene rings is 1. The van der Waals surface area contributed by atoms with Crippen molar-refractivity contribution < 1.29 is 9.32 Å². The Morgan fingerprint density at radius 1 is 1.32 bits per heavy atom. The number of carbonyl (C=O) groups is 1. The Bertz CT molecular complexity index is 522. The van der Waals surface area contributed by atoms with Gasteiger partial charge in [-0.15, -0.1) is 0 Å². The summed E-state index contributed by atoms with van der Waals surface area (Å²) in [6, 6.07) is 11.8. The van der Waals surface area contributed by atoms with Crippen LogP contribution in [0.2, 0.25) is 0 Å². The van der Waals surface area contributed by atoms with Crippen molar-refractivity contribution in [3.8, 4) is 0 Å². The van der Waals surface area contributed by atoms with Crippen LogP contribution in [-0.2, 0) is 11.2 Å². The molecule has 2 rings (SSSR count). The highest BCUT2D eigenvalue weighted by atomic mass is 16.5. The molecule has 0 unspecified atom stereocenters. The second-order valence-electron chi connectivity index (χ2n) is 4.26. The zero-order valence-corrected chi connectivity index (χ0v) is 10.8. The van der Waals surface area contributed by atoms with Crippen molar-refractivity contribution >= 4 is 11.7 Å². The first-order valence-corrected chi connectivity index (χ1v) is 6.22. The van der Waals surface area contributed by atoms with E-state index >= 15 is 0 Å².